The quantitative estimate of drug-likeness (QED) is 0.756. The van der Waals surface area contributed by atoms with Gasteiger partial charge in [-0.05, 0) is 18.6 Å². The number of nitrogens with one attached hydrogen (secondary N) is 1. The molecule has 0 spiro atoms. The second kappa shape index (κ2) is 7.70. The van der Waals surface area contributed by atoms with E-state index in [4.69, 9.17) is 15.2 Å². The Balaban J connectivity index is 2.65. The third kappa shape index (κ3) is 4.84. The van der Waals surface area contributed by atoms with Gasteiger partial charge in [-0.1, -0.05) is 6.92 Å². The summed E-state index contributed by atoms with van der Waals surface area (Å²) in [5.74, 6) is 0.159. The molecule has 6 nitrogen and oxygen atoms in total. The Labute approximate surface area is 113 Å². The van der Waals surface area contributed by atoms with E-state index in [9.17, 15) is 4.79 Å². The highest BCUT2D eigenvalue weighted by molar-refractivity contribution is 5.94. The number of aryl methyl sites for hydroxylation is 1. The lowest BCUT2D eigenvalue weighted by Crippen LogP contribution is -2.35. The van der Waals surface area contributed by atoms with Crippen LogP contribution in [0.4, 0.5) is 5.82 Å². The molecular weight excluding hydrogens is 246 g/mol. The molecule has 0 radical (unpaired) electrons. The highest BCUT2D eigenvalue weighted by Crippen LogP contribution is 2.08. The molecular formula is C13H21N3O3. The van der Waals surface area contributed by atoms with Gasteiger partial charge in [0.15, 0.2) is 0 Å². The third-order valence-electron chi connectivity index (χ3n) is 2.70. The summed E-state index contributed by atoms with van der Waals surface area (Å²) >= 11 is 0. The summed E-state index contributed by atoms with van der Waals surface area (Å²) in [5, 5.41) is 2.79. The minimum Gasteiger partial charge on any atom is -0.384 e. The lowest BCUT2D eigenvalue weighted by atomic mass is 10.2. The summed E-state index contributed by atoms with van der Waals surface area (Å²) in [6.07, 6.45) is 0.564. The summed E-state index contributed by atoms with van der Waals surface area (Å²) < 4.78 is 10.2. The Morgan fingerprint density at radius 2 is 2.21 bits per heavy atom. The van der Waals surface area contributed by atoms with Crippen molar-refractivity contribution in [3.05, 3.63) is 23.4 Å². The number of aromatic nitrogens is 1. The number of hydrogen-bond acceptors (Lipinski definition) is 5. The predicted molar refractivity (Wildman–Crippen MR) is 73.0 cm³/mol. The van der Waals surface area contributed by atoms with Crippen LogP contribution in [0.25, 0.3) is 0 Å². The van der Waals surface area contributed by atoms with Crippen molar-refractivity contribution in [2.24, 2.45) is 0 Å². The zero-order valence-corrected chi connectivity index (χ0v) is 11.6. The van der Waals surface area contributed by atoms with Crippen molar-refractivity contribution in [1.82, 2.24) is 10.3 Å². The monoisotopic (exact) mass is 267 g/mol. The van der Waals surface area contributed by atoms with E-state index in [1.54, 1.807) is 26.4 Å². The topological polar surface area (TPSA) is 86.5 Å². The zero-order valence-electron chi connectivity index (χ0n) is 11.6. The van der Waals surface area contributed by atoms with Gasteiger partial charge in [0.2, 0.25) is 0 Å². The van der Waals surface area contributed by atoms with Gasteiger partial charge in [0.05, 0.1) is 12.7 Å². The molecule has 0 saturated heterocycles. The van der Waals surface area contributed by atoms with Crippen molar-refractivity contribution in [3.63, 3.8) is 0 Å². The zero-order chi connectivity index (χ0) is 14.3. The van der Waals surface area contributed by atoms with Gasteiger partial charge in [-0.15, -0.1) is 0 Å². The van der Waals surface area contributed by atoms with Crippen molar-refractivity contribution in [2.75, 3.05) is 33.1 Å². The average Bonchev–Trinajstić information content (AvgIpc) is 2.42. The Morgan fingerprint density at radius 3 is 2.79 bits per heavy atom. The van der Waals surface area contributed by atoms with Crippen LogP contribution < -0.4 is 11.1 Å². The van der Waals surface area contributed by atoms with Gasteiger partial charge in [-0.2, -0.15) is 0 Å². The van der Waals surface area contributed by atoms with Crippen LogP contribution in [0.5, 0.6) is 0 Å². The highest BCUT2D eigenvalue weighted by Gasteiger charge is 2.12. The second-order valence-electron chi connectivity index (χ2n) is 4.15. The molecule has 0 bridgehead atoms. The fourth-order valence-electron chi connectivity index (χ4n) is 1.63. The summed E-state index contributed by atoms with van der Waals surface area (Å²) in [5.41, 5.74) is 6.97. The molecule has 1 atom stereocenters. The van der Waals surface area contributed by atoms with Gasteiger partial charge in [0.1, 0.15) is 5.82 Å². The lowest BCUT2D eigenvalue weighted by molar-refractivity contribution is 0.0285. The van der Waals surface area contributed by atoms with E-state index in [1.807, 2.05) is 6.92 Å². The number of anilines is 1. The number of ether oxygens (including phenoxy) is 2. The first-order chi connectivity index (χ1) is 9.10. The number of carbonyl (C=O) groups excluding carboxylic acids is 1. The summed E-state index contributed by atoms with van der Waals surface area (Å²) in [4.78, 5) is 16.1. The van der Waals surface area contributed by atoms with Crippen molar-refractivity contribution in [1.29, 1.82) is 0 Å². The van der Waals surface area contributed by atoms with Gasteiger partial charge >= 0.3 is 0 Å². The molecule has 0 fully saturated rings. The van der Waals surface area contributed by atoms with Gasteiger partial charge in [0, 0.05) is 32.0 Å². The van der Waals surface area contributed by atoms with Crippen LogP contribution in [0.1, 0.15) is 23.0 Å². The molecule has 1 aromatic heterocycles. The van der Waals surface area contributed by atoms with Crippen LogP contribution in [0, 0.1) is 0 Å². The smallest absolute Gasteiger partial charge is 0.251 e. The lowest BCUT2D eigenvalue weighted by Gasteiger charge is -2.15. The number of carbonyl (C=O) groups is 1. The maximum absolute atomic E-state index is 12.0. The molecule has 1 heterocycles. The second-order valence-corrected chi connectivity index (χ2v) is 4.15. The summed E-state index contributed by atoms with van der Waals surface area (Å²) in [7, 11) is 3.17. The van der Waals surface area contributed by atoms with Crippen molar-refractivity contribution < 1.29 is 14.3 Å². The largest absolute Gasteiger partial charge is 0.384 e. The number of amides is 1. The SMILES string of the molecule is CCc1cc(C(=O)NCC(COC)OC)cc(N)n1. The minimum atomic E-state index is -0.193. The number of pyridine rings is 1. The number of rotatable bonds is 7. The van der Waals surface area contributed by atoms with E-state index >= 15 is 0 Å². The fraction of sp³-hybridized carbons (Fsp3) is 0.538. The normalized spacial score (nSPS) is 12.2. The molecule has 0 aliphatic heterocycles. The standard InChI is InChI=1S/C13H21N3O3/c1-4-10-5-9(6-12(14)16-10)13(17)15-7-11(19-3)8-18-2/h5-6,11H,4,7-8H2,1-3H3,(H2,14,16)(H,15,17). The molecule has 1 unspecified atom stereocenters. The molecule has 1 amide bonds. The third-order valence-corrected chi connectivity index (χ3v) is 2.70. The number of nitrogens with two attached hydrogens (primary N) is 1. The number of methoxy groups -OCH3 is 2. The number of nitrogens with zero attached hydrogens (tertiary/aromatic N) is 1. The van der Waals surface area contributed by atoms with Gasteiger partial charge < -0.3 is 20.5 Å². The molecule has 0 aliphatic rings. The Kier molecular flexibility index (Phi) is 6.24. The maximum Gasteiger partial charge on any atom is 0.251 e. The molecule has 1 aromatic rings. The van der Waals surface area contributed by atoms with E-state index in [1.165, 1.54) is 0 Å². The van der Waals surface area contributed by atoms with Gasteiger partial charge in [-0.3, -0.25) is 4.79 Å². The first-order valence-electron chi connectivity index (χ1n) is 6.17. The van der Waals surface area contributed by atoms with E-state index in [0.717, 1.165) is 12.1 Å². The van der Waals surface area contributed by atoms with E-state index in [-0.39, 0.29) is 12.0 Å². The van der Waals surface area contributed by atoms with Gasteiger partial charge in [0.25, 0.3) is 5.91 Å². The number of nitrogen functional groups attached to an aromatic ring is 1. The molecule has 0 aliphatic carbocycles. The van der Waals surface area contributed by atoms with Crippen LogP contribution in [0.15, 0.2) is 12.1 Å². The van der Waals surface area contributed by atoms with Crippen molar-refractivity contribution in [2.45, 2.75) is 19.4 Å². The van der Waals surface area contributed by atoms with Crippen molar-refractivity contribution in [3.8, 4) is 0 Å². The molecule has 106 valence electrons. The van der Waals surface area contributed by atoms with Crippen LogP contribution in [0.2, 0.25) is 0 Å². The van der Waals surface area contributed by atoms with E-state index in [0.29, 0.717) is 24.5 Å². The summed E-state index contributed by atoms with van der Waals surface area (Å²) in [6.45, 7) is 2.77. The molecule has 0 aromatic carbocycles. The van der Waals surface area contributed by atoms with Crippen LogP contribution in [0.3, 0.4) is 0 Å². The maximum atomic E-state index is 12.0. The van der Waals surface area contributed by atoms with Crippen LogP contribution >= 0.6 is 0 Å². The Morgan fingerprint density at radius 1 is 1.47 bits per heavy atom. The van der Waals surface area contributed by atoms with Crippen molar-refractivity contribution >= 4 is 11.7 Å². The molecule has 19 heavy (non-hydrogen) atoms. The Bertz CT molecular complexity index is 424. The predicted octanol–water partition coefficient (Wildman–Crippen LogP) is 0.617. The van der Waals surface area contributed by atoms with E-state index < -0.39 is 0 Å². The first-order valence-corrected chi connectivity index (χ1v) is 6.17. The Hall–Kier alpha value is -1.66. The molecule has 1 rings (SSSR count). The van der Waals surface area contributed by atoms with Crippen LogP contribution in [-0.4, -0.2) is 44.4 Å². The van der Waals surface area contributed by atoms with E-state index in [2.05, 4.69) is 10.3 Å². The first kappa shape index (κ1) is 15.4. The highest BCUT2D eigenvalue weighted by atomic mass is 16.5. The molecule has 3 N–H and O–H groups in total. The molecule has 6 heteroatoms. The molecule has 0 saturated carbocycles. The minimum absolute atomic E-state index is 0.168. The average molecular weight is 267 g/mol. The van der Waals surface area contributed by atoms with Gasteiger partial charge in [-0.25, -0.2) is 4.98 Å². The summed E-state index contributed by atoms with van der Waals surface area (Å²) in [6, 6.07) is 3.30. The number of hydrogen-bond donors (Lipinski definition) is 2. The fourth-order valence-corrected chi connectivity index (χ4v) is 1.63. The van der Waals surface area contributed by atoms with Crippen LogP contribution in [-0.2, 0) is 15.9 Å².